The van der Waals surface area contributed by atoms with Gasteiger partial charge >= 0.3 is 6.03 Å². The Morgan fingerprint density at radius 2 is 2.19 bits per heavy atom. The first-order valence-electron chi connectivity index (χ1n) is 6.30. The number of hydrogen-bond donors (Lipinski definition) is 2. The standard InChI is InChI=1S/C13H16ClN5OS/c1-19(2)11(9-5-3-4-6-10(9)14)7-15-12(20)17-13-18-16-8-21-13/h3-6,8,11H,7H2,1-2H3,(H2,15,17,18,20). The number of likely N-dealkylation sites (N-methyl/N-ethyl adjacent to an activating group) is 1. The Morgan fingerprint density at radius 3 is 2.81 bits per heavy atom. The third-order valence-corrected chi connectivity index (χ3v) is 3.87. The smallest absolute Gasteiger partial charge is 0.321 e. The largest absolute Gasteiger partial charge is 0.336 e. The molecule has 1 unspecified atom stereocenters. The highest BCUT2D eigenvalue weighted by Gasteiger charge is 2.17. The van der Waals surface area contributed by atoms with E-state index < -0.39 is 0 Å². The van der Waals surface area contributed by atoms with Gasteiger partial charge in [0, 0.05) is 11.6 Å². The van der Waals surface area contributed by atoms with E-state index in [0.29, 0.717) is 16.7 Å². The fourth-order valence-electron chi connectivity index (χ4n) is 1.87. The van der Waals surface area contributed by atoms with E-state index in [-0.39, 0.29) is 12.1 Å². The number of carbonyl (C=O) groups is 1. The topological polar surface area (TPSA) is 70.2 Å². The molecule has 0 fully saturated rings. The van der Waals surface area contributed by atoms with Crippen LogP contribution in [0.4, 0.5) is 9.93 Å². The van der Waals surface area contributed by atoms with Crippen LogP contribution in [0.1, 0.15) is 11.6 Å². The summed E-state index contributed by atoms with van der Waals surface area (Å²) in [7, 11) is 3.89. The van der Waals surface area contributed by atoms with Crippen molar-refractivity contribution in [1.82, 2.24) is 20.4 Å². The average Bonchev–Trinajstić information content (AvgIpc) is 2.93. The van der Waals surface area contributed by atoms with Crippen LogP contribution in [0.15, 0.2) is 29.8 Å². The minimum Gasteiger partial charge on any atom is -0.336 e. The maximum atomic E-state index is 11.8. The van der Waals surface area contributed by atoms with Crippen molar-refractivity contribution in [1.29, 1.82) is 0 Å². The Bertz CT molecular complexity index is 590. The zero-order chi connectivity index (χ0) is 15.2. The molecule has 112 valence electrons. The highest BCUT2D eigenvalue weighted by atomic mass is 35.5. The summed E-state index contributed by atoms with van der Waals surface area (Å²) in [6, 6.07) is 7.28. The minimum atomic E-state index is -0.314. The van der Waals surface area contributed by atoms with E-state index in [0.717, 1.165) is 5.56 Å². The van der Waals surface area contributed by atoms with Crippen LogP contribution in [0, 0.1) is 0 Å². The lowest BCUT2D eigenvalue weighted by molar-refractivity contribution is 0.243. The SMILES string of the molecule is CN(C)C(CNC(=O)Nc1nncs1)c1ccccc1Cl. The maximum absolute atomic E-state index is 11.8. The van der Waals surface area contributed by atoms with Gasteiger partial charge in [-0.05, 0) is 25.7 Å². The van der Waals surface area contributed by atoms with Crippen LogP contribution in [0.25, 0.3) is 0 Å². The number of urea groups is 1. The second-order valence-corrected chi connectivity index (χ2v) is 5.82. The first-order chi connectivity index (χ1) is 10.1. The van der Waals surface area contributed by atoms with Crippen LogP contribution in [0.2, 0.25) is 5.02 Å². The number of anilines is 1. The molecule has 2 N–H and O–H groups in total. The van der Waals surface area contributed by atoms with Gasteiger partial charge in [0.25, 0.3) is 0 Å². The molecule has 0 saturated heterocycles. The van der Waals surface area contributed by atoms with Gasteiger partial charge in [0.15, 0.2) is 0 Å². The monoisotopic (exact) mass is 325 g/mol. The molecule has 2 amide bonds. The third kappa shape index (κ3) is 4.38. The third-order valence-electron chi connectivity index (χ3n) is 2.92. The molecule has 0 saturated carbocycles. The van der Waals surface area contributed by atoms with Crippen LogP contribution in [0.5, 0.6) is 0 Å². The number of benzene rings is 1. The first-order valence-corrected chi connectivity index (χ1v) is 7.55. The normalized spacial score (nSPS) is 12.2. The summed E-state index contributed by atoms with van der Waals surface area (Å²) in [5, 5.41) is 14.0. The highest BCUT2D eigenvalue weighted by Crippen LogP contribution is 2.25. The number of amides is 2. The summed E-state index contributed by atoms with van der Waals surface area (Å²) in [5.41, 5.74) is 2.53. The van der Waals surface area contributed by atoms with Gasteiger partial charge in [0.05, 0.1) is 6.04 Å². The van der Waals surface area contributed by atoms with E-state index in [1.54, 1.807) is 5.51 Å². The molecule has 1 atom stereocenters. The van der Waals surface area contributed by atoms with Crippen molar-refractivity contribution in [2.24, 2.45) is 0 Å². The molecule has 0 aliphatic heterocycles. The van der Waals surface area contributed by atoms with Gasteiger partial charge in [-0.3, -0.25) is 5.32 Å². The van der Waals surface area contributed by atoms with Gasteiger partial charge in [-0.25, -0.2) is 4.79 Å². The number of carbonyl (C=O) groups excluding carboxylic acids is 1. The van der Waals surface area contributed by atoms with E-state index in [2.05, 4.69) is 20.8 Å². The van der Waals surface area contributed by atoms with Crippen molar-refractivity contribution in [2.75, 3.05) is 26.0 Å². The zero-order valence-electron chi connectivity index (χ0n) is 11.7. The minimum absolute atomic E-state index is 0.0149. The molecule has 0 radical (unpaired) electrons. The number of rotatable bonds is 5. The van der Waals surface area contributed by atoms with E-state index in [4.69, 9.17) is 11.6 Å². The number of hydrogen-bond acceptors (Lipinski definition) is 5. The average molecular weight is 326 g/mol. The molecule has 21 heavy (non-hydrogen) atoms. The van der Waals surface area contributed by atoms with Crippen LogP contribution < -0.4 is 10.6 Å². The van der Waals surface area contributed by atoms with Crippen molar-refractivity contribution >= 4 is 34.1 Å². The molecule has 1 aromatic heterocycles. The maximum Gasteiger partial charge on any atom is 0.321 e. The quantitative estimate of drug-likeness (QED) is 0.886. The highest BCUT2D eigenvalue weighted by molar-refractivity contribution is 7.13. The summed E-state index contributed by atoms with van der Waals surface area (Å²) in [5.74, 6) is 0. The van der Waals surface area contributed by atoms with Crippen molar-refractivity contribution in [3.63, 3.8) is 0 Å². The molecule has 2 aromatic rings. The number of nitrogens with zero attached hydrogens (tertiary/aromatic N) is 3. The van der Waals surface area contributed by atoms with Gasteiger partial charge in [-0.15, -0.1) is 10.2 Å². The van der Waals surface area contributed by atoms with Gasteiger partial charge < -0.3 is 10.2 Å². The summed E-state index contributed by atoms with van der Waals surface area (Å²) >= 11 is 7.49. The second-order valence-electron chi connectivity index (χ2n) is 4.58. The Balaban J connectivity index is 1.98. The lowest BCUT2D eigenvalue weighted by atomic mass is 10.1. The molecular weight excluding hydrogens is 310 g/mol. The summed E-state index contributed by atoms with van der Waals surface area (Å²) in [6.07, 6.45) is 0. The fourth-order valence-corrected chi connectivity index (χ4v) is 2.58. The van der Waals surface area contributed by atoms with Crippen LogP contribution >= 0.6 is 22.9 Å². The molecule has 2 rings (SSSR count). The predicted molar refractivity (Wildman–Crippen MR) is 84.8 cm³/mol. The molecule has 1 heterocycles. The van der Waals surface area contributed by atoms with Crippen molar-refractivity contribution < 1.29 is 4.79 Å². The number of nitrogens with one attached hydrogen (secondary N) is 2. The van der Waals surface area contributed by atoms with Gasteiger partial charge in [0.2, 0.25) is 5.13 Å². The van der Waals surface area contributed by atoms with E-state index in [1.165, 1.54) is 11.3 Å². The van der Waals surface area contributed by atoms with Crippen LogP contribution in [0.3, 0.4) is 0 Å². The summed E-state index contributed by atoms with van der Waals surface area (Å²) in [4.78, 5) is 13.8. The Hall–Kier alpha value is -1.70. The van der Waals surface area contributed by atoms with E-state index in [9.17, 15) is 4.79 Å². The molecule has 8 heteroatoms. The summed E-state index contributed by atoms with van der Waals surface area (Å²) < 4.78 is 0. The lowest BCUT2D eigenvalue weighted by Crippen LogP contribution is -2.37. The molecular formula is C13H16ClN5OS. The zero-order valence-corrected chi connectivity index (χ0v) is 13.3. The molecule has 0 aliphatic carbocycles. The van der Waals surface area contributed by atoms with E-state index >= 15 is 0 Å². The van der Waals surface area contributed by atoms with Crippen LogP contribution in [-0.4, -0.2) is 41.8 Å². The molecule has 6 nitrogen and oxygen atoms in total. The summed E-state index contributed by atoms with van der Waals surface area (Å²) in [6.45, 7) is 0.432. The molecule has 0 bridgehead atoms. The molecule has 0 spiro atoms. The Morgan fingerprint density at radius 1 is 1.43 bits per heavy atom. The van der Waals surface area contributed by atoms with Crippen molar-refractivity contribution in [2.45, 2.75) is 6.04 Å². The molecule has 0 aliphatic rings. The van der Waals surface area contributed by atoms with Crippen molar-refractivity contribution in [3.05, 3.63) is 40.4 Å². The molecule has 1 aromatic carbocycles. The van der Waals surface area contributed by atoms with Gasteiger partial charge in [0.1, 0.15) is 5.51 Å². The van der Waals surface area contributed by atoms with Crippen LogP contribution in [-0.2, 0) is 0 Å². The number of aromatic nitrogens is 2. The lowest BCUT2D eigenvalue weighted by Gasteiger charge is -2.25. The predicted octanol–water partition coefficient (Wildman–Crippen LogP) is 2.62. The fraction of sp³-hybridized carbons (Fsp3) is 0.308. The Labute approximate surface area is 132 Å². The second kappa shape index (κ2) is 7.35. The number of halogens is 1. The Kier molecular flexibility index (Phi) is 5.49. The van der Waals surface area contributed by atoms with Crippen molar-refractivity contribution in [3.8, 4) is 0 Å². The first kappa shape index (κ1) is 15.7. The van der Waals surface area contributed by atoms with E-state index in [1.807, 2.05) is 43.3 Å². The van der Waals surface area contributed by atoms with Gasteiger partial charge in [-0.2, -0.15) is 0 Å². The van der Waals surface area contributed by atoms with Gasteiger partial charge in [-0.1, -0.05) is 41.1 Å².